The highest BCUT2D eigenvalue weighted by molar-refractivity contribution is 6.30. The molecule has 2 nitrogen and oxygen atoms in total. The number of allylic oxidation sites excluding steroid dienone is 1. The van der Waals surface area contributed by atoms with Crippen molar-refractivity contribution in [2.75, 3.05) is 11.9 Å². The number of amides is 1. The number of fused-ring (bicyclic) bond motifs is 1. The molecule has 0 N–H and O–H groups in total. The van der Waals surface area contributed by atoms with Crippen LogP contribution in [0.4, 0.5) is 5.69 Å². The molecule has 1 atom stereocenters. The molecular weight excluding hydrogens is 282 g/mol. The minimum Gasteiger partial charge on any atom is -0.314 e. The van der Waals surface area contributed by atoms with Crippen LogP contribution in [-0.4, -0.2) is 13.0 Å². The minimum atomic E-state index is -0.697. The highest BCUT2D eigenvalue weighted by atomic mass is 35.5. The third-order valence-electron chi connectivity index (χ3n) is 4.18. The fraction of sp³-hybridized carbons (Fsp3) is 0.167. The summed E-state index contributed by atoms with van der Waals surface area (Å²) in [5.74, 6) is 0.0749. The molecule has 1 aliphatic heterocycles. The Labute approximate surface area is 129 Å². The van der Waals surface area contributed by atoms with Crippen LogP contribution in [0.25, 0.3) is 0 Å². The van der Waals surface area contributed by atoms with E-state index in [0.717, 1.165) is 16.8 Å². The van der Waals surface area contributed by atoms with Crippen LogP contribution in [0.1, 0.15) is 17.5 Å². The van der Waals surface area contributed by atoms with Crippen LogP contribution in [0.2, 0.25) is 5.02 Å². The lowest BCUT2D eigenvalue weighted by molar-refractivity contribution is -0.121. The zero-order valence-electron chi connectivity index (χ0n) is 11.8. The number of anilines is 1. The Kier molecular flexibility index (Phi) is 3.34. The first kappa shape index (κ1) is 13.9. The van der Waals surface area contributed by atoms with Crippen LogP contribution in [-0.2, 0) is 10.2 Å². The molecule has 0 spiro atoms. The van der Waals surface area contributed by atoms with Gasteiger partial charge in [-0.15, -0.1) is 6.58 Å². The Bertz CT molecular complexity index is 707. The lowest BCUT2D eigenvalue weighted by Gasteiger charge is -2.27. The lowest BCUT2D eigenvalue weighted by Crippen LogP contribution is -2.39. The lowest BCUT2D eigenvalue weighted by atomic mass is 9.73. The fourth-order valence-electron chi connectivity index (χ4n) is 3.18. The van der Waals surface area contributed by atoms with Crippen molar-refractivity contribution < 1.29 is 4.79 Å². The third-order valence-corrected chi connectivity index (χ3v) is 4.43. The largest absolute Gasteiger partial charge is 0.314 e. The van der Waals surface area contributed by atoms with Gasteiger partial charge in [0.1, 0.15) is 5.41 Å². The Hall–Kier alpha value is -2.06. The average molecular weight is 298 g/mol. The van der Waals surface area contributed by atoms with E-state index in [0.29, 0.717) is 11.4 Å². The van der Waals surface area contributed by atoms with Crippen molar-refractivity contribution in [3.63, 3.8) is 0 Å². The van der Waals surface area contributed by atoms with Crippen molar-refractivity contribution in [1.82, 2.24) is 0 Å². The molecule has 3 heteroatoms. The number of halogens is 1. The molecule has 0 saturated heterocycles. The summed E-state index contributed by atoms with van der Waals surface area (Å²) >= 11 is 5.99. The second-order valence-electron chi connectivity index (χ2n) is 5.29. The molecule has 0 saturated carbocycles. The number of carbonyl (C=O) groups is 1. The summed E-state index contributed by atoms with van der Waals surface area (Å²) in [4.78, 5) is 14.7. The Morgan fingerprint density at radius 1 is 1.19 bits per heavy atom. The van der Waals surface area contributed by atoms with Gasteiger partial charge in [0.05, 0.1) is 0 Å². The van der Waals surface area contributed by atoms with E-state index in [2.05, 4.69) is 6.58 Å². The molecule has 1 heterocycles. The zero-order chi connectivity index (χ0) is 15.0. The number of rotatable bonds is 3. The number of hydrogen-bond donors (Lipinski definition) is 0. The SMILES string of the molecule is C=CC[C@]1(c2ccc(Cl)cc2)C(=O)N(C)c2ccccc21. The molecule has 0 fully saturated rings. The first-order chi connectivity index (χ1) is 10.1. The van der Waals surface area contributed by atoms with Gasteiger partial charge in [0, 0.05) is 17.8 Å². The molecule has 1 amide bonds. The van der Waals surface area contributed by atoms with Crippen molar-refractivity contribution in [2.24, 2.45) is 0 Å². The third kappa shape index (κ3) is 1.90. The Morgan fingerprint density at radius 3 is 2.52 bits per heavy atom. The molecule has 106 valence electrons. The second kappa shape index (κ2) is 5.05. The summed E-state index contributed by atoms with van der Waals surface area (Å²) in [6.45, 7) is 3.85. The van der Waals surface area contributed by atoms with Gasteiger partial charge in [0.15, 0.2) is 0 Å². The van der Waals surface area contributed by atoms with Crippen LogP contribution < -0.4 is 4.90 Å². The van der Waals surface area contributed by atoms with Crippen LogP contribution in [0.15, 0.2) is 61.2 Å². The second-order valence-corrected chi connectivity index (χ2v) is 5.72. The summed E-state index contributed by atoms with van der Waals surface area (Å²) in [6.07, 6.45) is 2.37. The zero-order valence-corrected chi connectivity index (χ0v) is 12.6. The standard InChI is InChI=1S/C18H16ClNO/c1-3-12-18(13-8-10-14(19)11-9-13)15-6-4-5-7-16(15)20(2)17(18)21/h3-11H,1,12H2,2H3/t18-/m1/s1. The van der Waals surface area contributed by atoms with E-state index in [1.54, 1.807) is 4.90 Å². The van der Waals surface area contributed by atoms with Gasteiger partial charge in [-0.2, -0.15) is 0 Å². The average Bonchev–Trinajstić information content (AvgIpc) is 2.72. The molecule has 0 radical (unpaired) electrons. The van der Waals surface area contributed by atoms with E-state index in [4.69, 9.17) is 11.6 Å². The monoisotopic (exact) mass is 297 g/mol. The molecule has 1 aliphatic rings. The molecule has 0 aliphatic carbocycles. The maximum absolute atomic E-state index is 13.0. The van der Waals surface area contributed by atoms with E-state index in [9.17, 15) is 4.79 Å². The van der Waals surface area contributed by atoms with Gasteiger partial charge in [-0.1, -0.05) is 48.0 Å². The summed E-state index contributed by atoms with van der Waals surface area (Å²) in [5.41, 5.74) is 2.24. The van der Waals surface area contributed by atoms with E-state index in [1.807, 2.05) is 61.7 Å². The Morgan fingerprint density at radius 2 is 1.86 bits per heavy atom. The molecule has 2 aromatic rings. The molecule has 21 heavy (non-hydrogen) atoms. The summed E-state index contributed by atoms with van der Waals surface area (Å²) in [6, 6.07) is 15.4. The maximum atomic E-state index is 13.0. The van der Waals surface area contributed by atoms with Crippen LogP contribution in [0, 0.1) is 0 Å². The smallest absolute Gasteiger partial charge is 0.242 e. The molecule has 2 aromatic carbocycles. The van der Waals surface area contributed by atoms with Gasteiger partial charge < -0.3 is 4.90 Å². The van der Waals surface area contributed by atoms with E-state index in [-0.39, 0.29) is 5.91 Å². The van der Waals surface area contributed by atoms with Gasteiger partial charge in [-0.05, 0) is 35.7 Å². The molecule has 0 bridgehead atoms. The first-order valence-corrected chi connectivity index (χ1v) is 7.23. The van der Waals surface area contributed by atoms with Crippen molar-refractivity contribution >= 4 is 23.2 Å². The predicted molar refractivity (Wildman–Crippen MR) is 86.9 cm³/mol. The number of para-hydroxylation sites is 1. The van der Waals surface area contributed by atoms with E-state index >= 15 is 0 Å². The number of carbonyl (C=O) groups excluding carboxylic acids is 1. The number of likely N-dealkylation sites (N-methyl/N-ethyl adjacent to an activating group) is 1. The van der Waals surface area contributed by atoms with Gasteiger partial charge in [0.25, 0.3) is 0 Å². The normalized spacial score (nSPS) is 20.5. The van der Waals surface area contributed by atoms with E-state index in [1.165, 1.54) is 0 Å². The maximum Gasteiger partial charge on any atom is 0.242 e. The van der Waals surface area contributed by atoms with Crippen molar-refractivity contribution in [1.29, 1.82) is 0 Å². The fourth-order valence-corrected chi connectivity index (χ4v) is 3.31. The quantitative estimate of drug-likeness (QED) is 0.778. The first-order valence-electron chi connectivity index (χ1n) is 6.86. The van der Waals surface area contributed by atoms with Crippen LogP contribution >= 0.6 is 11.6 Å². The van der Waals surface area contributed by atoms with Gasteiger partial charge in [-0.25, -0.2) is 0 Å². The Balaban J connectivity index is 2.29. The number of nitrogens with zero attached hydrogens (tertiary/aromatic N) is 1. The molecular formula is C18H16ClNO. The topological polar surface area (TPSA) is 20.3 Å². The minimum absolute atomic E-state index is 0.0749. The van der Waals surface area contributed by atoms with Gasteiger partial charge in [0.2, 0.25) is 5.91 Å². The molecule has 0 aromatic heterocycles. The van der Waals surface area contributed by atoms with Crippen LogP contribution in [0.5, 0.6) is 0 Å². The highest BCUT2D eigenvalue weighted by Crippen LogP contribution is 2.47. The predicted octanol–water partition coefficient (Wildman–Crippen LogP) is 4.18. The van der Waals surface area contributed by atoms with E-state index < -0.39 is 5.41 Å². The van der Waals surface area contributed by atoms with Gasteiger partial charge in [-0.3, -0.25) is 4.79 Å². The summed E-state index contributed by atoms with van der Waals surface area (Å²) in [5, 5.41) is 0.666. The number of benzene rings is 2. The van der Waals surface area contributed by atoms with Crippen molar-refractivity contribution in [3.8, 4) is 0 Å². The van der Waals surface area contributed by atoms with Crippen molar-refractivity contribution in [2.45, 2.75) is 11.8 Å². The van der Waals surface area contributed by atoms with Crippen LogP contribution in [0.3, 0.4) is 0 Å². The molecule has 0 unspecified atom stereocenters. The number of hydrogen-bond acceptors (Lipinski definition) is 1. The molecule has 3 rings (SSSR count). The van der Waals surface area contributed by atoms with Crippen molar-refractivity contribution in [3.05, 3.63) is 77.3 Å². The summed E-state index contributed by atoms with van der Waals surface area (Å²) < 4.78 is 0. The van der Waals surface area contributed by atoms with Gasteiger partial charge >= 0.3 is 0 Å². The summed E-state index contributed by atoms with van der Waals surface area (Å²) in [7, 11) is 1.82. The highest BCUT2D eigenvalue weighted by Gasteiger charge is 2.49.